The Labute approximate surface area is 160 Å². The molecule has 1 aliphatic carbocycles. The van der Waals surface area contributed by atoms with E-state index in [9.17, 15) is 14.4 Å². The van der Waals surface area contributed by atoms with E-state index >= 15 is 0 Å². The molecule has 0 spiro atoms. The average Bonchev–Trinajstić information content (AvgIpc) is 3.13. The first-order valence-corrected chi connectivity index (χ1v) is 9.59. The van der Waals surface area contributed by atoms with Crippen molar-refractivity contribution in [3.8, 4) is 0 Å². The van der Waals surface area contributed by atoms with Crippen LogP contribution in [0.25, 0.3) is 0 Å². The minimum absolute atomic E-state index is 0.0433. The standard InChI is InChI=1S/C20H30N4O3/c1-15(2)17(25)21-12-13-22-18(26)20(10-6-7-11-20)24-19(27)23-14-16-8-4-3-5-9-16/h3-5,8-9,15H,6-7,10-14H2,1-2H3,(H,21,25)(H,22,26)(H2,23,24,27). The normalized spacial score (nSPS) is 15.2. The van der Waals surface area contributed by atoms with Gasteiger partial charge in [-0.05, 0) is 18.4 Å². The zero-order valence-electron chi connectivity index (χ0n) is 16.1. The molecule has 1 fully saturated rings. The first-order valence-electron chi connectivity index (χ1n) is 9.59. The van der Waals surface area contributed by atoms with Crippen LogP contribution >= 0.6 is 0 Å². The molecule has 2 rings (SSSR count). The summed E-state index contributed by atoms with van der Waals surface area (Å²) in [6.07, 6.45) is 3.04. The van der Waals surface area contributed by atoms with Crippen molar-refractivity contribution in [3.63, 3.8) is 0 Å². The summed E-state index contributed by atoms with van der Waals surface area (Å²) in [6.45, 7) is 4.76. The second-order valence-corrected chi connectivity index (χ2v) is 7.28. The third-order valence-corrected chi connectivity index (χ3v) is 4.77. The van der Waals surface area contributed by atoms with Gasteiger partial charge in [0.15, 0.2) is 0 Å². The summed E-state index contributed by atoms with van der Waals surface area (Å²) in [5.74, 6) is -0.316. The molecule has 0 unspecified atom stereocenters. The largest absolute Gasteiger partial charge is 0.354 e. The van der Waals surface area contributed by atoms with Crippen LogP contribution in [0.2, 0.25) is 0 Å². The molecule has 1 aromatic rings. The fourth-order valence-electron chi connectivity index (χ4n) is 3.16. The Kier molecular flexibility index (Phi) is 7.64. The molecule has 0 aromatic heterocycles. The summed E-state index contributed by atoms with van der Waals surface area (Å²) in [6, 6.07) is 9.28. The van der Waals surface area contributed by atoms with Gasteiger partial charge >= 0.3 is 6.03 Å². The van der Waals surface area contributed by atoms with E-state index in [0.29, 0.717) is 32.5 Å². The fraction of sp³-hybridized carbons (Fsp3) is 0.550. The van der Waals surface area contributed by atoms with Crippen molar-refractivity contribution in [1.82, 2.24) is 21.3 Å². The monoisotopic (exact) mass is 374 g/mol. The Hall–Kier alpha value is -2.57. The lowest BCUT2D eigenvalue weighted by Gasteiger charge is -2.29. The van der Waals surface area contributed by atoms with Crippen molar-refractivity contribution in [2.24, 2.45) is 5.92 Å². The van der Waals surface area contributed by atoms with Gasteiger partial charge < -0.3 is 21.3 Å². The van der Waals surface area contributed by atoms with Crippen LogP contribution in [0.5, 0.6) is 0 Å². The zero-order valence-corrected chi connectivity index (χ0v) is 16.1. The second-order valence-electron chi connectivity index (χ2n) is 7.28. The number of rotatable bonds is 8. The number of hydrogen-bond acceptors (Lipinski definition) is 3. The smallest absolute Gasteiger partial charge is 0.315 e. The molecule has 7 nitrogen and oxygen atoms in total. The van der Waals surface area contributed by atoms with Gasteiger partial charge in [-0.25, -0.2) is 4.79 Å². The number of urea groups is 1. The third kappa shape index (κ3) is 6.27. The van der Waals surface area contributed by atoms with Gasteiger partial charge in [0.2, 0.25) is 11.8 Å². The molecule has 4 N–H and O–H groups in total. The molecule has 1 aromatic carbocycles. The predicted octanol–water partition coefficient (Wildman–Crippen LogP) is 1.69. The van der Waals surface area contributed by atoms with Crippen LogP contribution in [-0.2, 0) is 16.1 Å². The van der Waals surface area contributed by atoms with Gasteiger partial charge in [-0.2, -0.15) is 0 Å². The van der Waals surface area contributed by atoms with Gasteiger partial charge in [0, 0.05) is 25.6 Å². The first-order chi connectivity index (χ1) is 12.9. The predicted molar refractivity (Wildman–Crippen MR) is 104 cm³/mol. The first kappa shape index (κ1) is 20.7. The van der Waals surface area contributed by atoms with E-state index in [2.05, 4.69) is 21.3 Å². The molecule has 0 saturated heterocycles. The van der Waals surface area contributed by atoms with Gasteiger partial charge in [0.25, 0.3) is 0 Å². The summed E-state index contributed by atoms with van der Waals surface area (Å²) in [7, 11) is 0. The minimum Gasteiger partial charge on any atom is -0.354 e. The molecule has 1 saturated carbocycles. The molecule has 0 aliphatic heterocycles. The van der Waals surface area contributed by atoms with Crippen molar-refractivity contribution in [1.29, 1.82) is 0 Å². The van der Waals surface area contributed by atoms with Gasteiger partial charge in [-0.15, -0.1) is 0 Å². The van der Waals surface area contributed by atoms with Crippen LogP contribution < -0.4 is 21.3 Å². The molecule has 1 aliphatic rings. The van der Waals surface area contributed by atoms with Crippen LogP contribution in [0.1, 0.15) is 45.1 Å². The molecule has 0 heterocycles. The second kappa shape index (κ2) is 9.94. The van der Waals surface area contributed by atoms with Crippen LogP contribution in [0.4, 0.5) is 4.79 Å². The van der Waals surface area contributed by atoms with E-state index < -0.39 is 5.54 Å². The Morgan fingerprint density at radius 3 is 2.22 bits per heavy atom. The highest BCUT2D eigenvalue weighted by Crippen LogP contribution is 2.29. The van der Waals surface area contributed by atoms with Crippen LogP contribution in [0, 0.1) is 5.92 Å². The Morgan fingerprint density at radius 1 is 0.963 bits per heavy atom. The maximum Gasteiger partial charge on any atom is 0.315 e. The fourth-order valence-corrected chi connectivity index (χ4v) is 3.16. The van der Waals surface area contributed by atoms with Gasteiger partial charge in [-0.1, -0.05) is 57.0 Å². The molecular formula is C20H30N4O3. The van der Waals surface area contributed by atoms with Crippen molar-refractivity contribution in [2.75, 3.05) is 13.1 Å². The number of benzene rings is 1. The highest BCUT2D eigenvalue weighted by molar-refractivity contribution is 5.91. The molecule has 0 bridgehead atoms. The topological polar surface area (TPSA) is 99.3 Å². The molecule has 7 heteroatoms. The van der Waals surface area contributed by atoms with Crippen molar-refractivity contribution >= 4 is 17.8 Å². The highest BCUT2D eigenvalue weighted by atomic mass is 16.2. The lowest BCUT2D eigenvalue weighted by molar-refractivity contribution is -0.127. The SMILES string of the molecule is CC(C)C(=O)NCCNC(=O)C1(NC(=O)NCc2ccccc2)CCCC1. The minimum atomic E-state index is -0.872. The van der Waals surface area contributed by atoms with Crippen LogP contribution in [0.3, 0.4) is 0 Å². The molecule has 0 radical (unpaired) electrons. The van der Waals surface area contributed by atoms with E-state index in [0.717, 1.165) is 18.4 Å². The lowest BCUT2D eigenvalue weighted by atomic mass is 9.96. The quantitative estimate of drug-likeness (QED) is 0.521. The van der Waals surface area contributed by atoms with E-state index in [-0.39, 0.29) is 23.8 Å². The lowest BCUT2D eigenvalue weighted by Crippen LogP contribution is -2.59. The van der Waals surface area contributed by atoms with Gasteiger partial charge in [0.1, 0.15) is 5.54 Å². The summed E-state index contributed by atoms with van der Waals surface area (Å²) < 4.78 is 0. The molecule has 148 valence electrons. The molecule has 27 heavy (non-hydrogen) atoms. The number of nitrogens with one attached hydrogen (secondary N) is 4. The molecule has 0 atom stereocenters. The zero-order chi connectivity index (χ0) is 19.7. The summed E-state index contributed by atoms with van der Waals surface area (Å²) >= 11 is 0. The molecular weight excluding hydrogens is 344 g/mol. The van der Waals surface area contributed by atoms with E-state index in [1.54, 1.807) is 0 Å². The summed E-state index contributed by atoms with van der Waals surface area (Å²) in [5.41, 5.74) is 0.126. The Balaban J connectivity index is 1.81. The van der Waals surface area contributed by atoms with E-state index in [1.165, 1.54) is 0 Å². The van der Waals surface area contributed by atoms with Crippen molar-refractivity contribution in [3.05, 3.63) is 35.9 Å². The van der Waals surface area contributed by atoms with Gasteiger partial charge in [0.05, 0.1) is 0 Å². The van der Waals surface area contributed by atoms with Crippen molar-refractivity contribution in [2.45, 2.75) is 51.6 Å². The van der Waals surface area contributed by atoms with E-state index in [4.69, 9.17) is 0 Å². The van der Waals surface area contributed by atoms with Crippen molar-refractivity contribution < 1.29 is 14.4 Å². The maximum absolute atomic E-state index is 12.7. The summed E-state index contributed by atoms with van der Waals surface area (Å²) in [5, 5.41) is 11.3. The summed E-state index contributed by atoms with van der Waals surface area (Å²) in [4.78, 5) is 36.6. The van der Waals surface area contributed by atoms with E-state index in [1.807, 2.05) is 44.2 Å². The van der Waals surface area contributed by atoms with Crippen LogP contribution in [-0.4, -0.2) is 36.5 Å². The Morgan fingerprint density at radius 2 is 1.59 bits per heavy atom. The average molecular weight is 374 g/mol. The van der Waals surface area contributed by atoms with Gasteiger partial charge in [-0.3, -0.25) is 9.59 Å². The Bertz CT molecular complexity index is 640. The number of carbonyl (C=O) groups excluding carboxylic acids is 3. The number of carbonyl (C=O) groups is 3. The third-order valence-electron chi connectivity index (χ3n) is 4.77. The maximum atomic E-state index is 12.7. The number of amides is 4. The highest BCUT2D eigenvalue weighted by Gasteiger charge is 2.42. The molecule has 4 amide bonds. The van der Waals surface area contributed by atoms with Crippen LogP contribution in [0.15, 0.2) is 30.3 Å². The number of hydrogen-bond donors (Lipinski definition) is 4.